The molecular weight excluding hydrogens is 668 g/mol. The Labute approximate surface area is 287 Å². The number of hydrogen-bond acceptors (Lipinski definition) is 1. The van der Waals surface area contributed by atoms with Crippen LogP contribution in [0, 0.1) is 0 Å². The Bertz CT molecular complexity index is 3090. The summed E-state index contributed by atoms with van der Waals surface area (Å²) in [4.78, 5) is 0. The normalized spacial score (nSPS) is 12.3. The Morgan fingerprint density at radius 2 is 1.00 bits per heavy atom. The molecule has 0 radical (unpaired) electrons. The predicted octanol–water partition coefficient (Wildman–Crippen LogP) is 13.3. The van der Waals surface area contributed by atoms with E-state index >= 15 is 0 Å². The van der Waals surface area contributed by atoms with Gasteiger partial charge in [-0.3, -0.25) is 0 Å². The molecular formula is C44H25BrN2S. The van der Waals surface area contributed by atoms with Crippen molar-refractivity contribution < 1.29 is 0 Å². The lowest BCUT2D eigenvalue weighted by molar-refractivity contribution is 1.13. The Morgan fingerprint density at radius 3 is 1.75 bits per heavy atom. The zero-order valence-corrected chi connectivity index (χ0v) is 28.0. The third-order valence-electron chi connectivity index (χ3n) is 10.1. The Balaban J connectivity index is 1.38. The fourth-order valence-electron chi connectivity index (χ4n) is 8.10. The number of hydrogen-bond donors (Lipinski definition) is 0. The molecule has 0 atom stereocenters. The number of rotatable bonds is 2. The van der Waals surface area contributed by atoms with Gasteiger partial charge in [-0.15, -0.1) is 11.3 Å². The van der Waals surface area contributed by atoms with Gasteiger partial charge in [-0.25, -0.2) is 0 Å². The van der Waals surface area contributed by atoms with E-state index in [0.717, 1.165) is 10.2 Å². The maximum atomic E-state index is 4.32. The third-order valence-corrected chi connectivity index (χ3v) is 12.0. The smallest absolute Gasteiger partial charge is 0.0718 e. The largest absolute Gasteiger partial charge is 0.308 e. The number of halogens is 1. The molecule has 8 aromatic carbocycles. The van der Waals surface area contributed by atoms with E-state index in [-0.39, 0.29) is 0 Å². The van der Waals surface area contributed by atoms with Crippen molar-refractivity contribution in [2.45, 2.75) is 0 Å². The maximum absolute atomic E-state index is 4.32. The summed E-state index contributed by atoms with van der Waals surface area (Å²) in [5.74, 6) is 0. The van der Waals surface area contributed by atoms with Crippen molar-refractivity contribution in [3.63, 3.8) is 0 Å². The van der Waals surface area contributed by atoms with Gasteiger partial charge < -0.3 is 9.13 Å². The van der Waals surface area contributed by atoms with Crippen LogP contribution in [0.5, 0.6) is 0 Å². The predicted molar refractivity (Wildman–Crippen MR) is 211 cm³/mol. The minimum absolute atomic E-state index is 1.07. The van der Waals surface area contributed by atoms with Crippen LogP contribution in [0.3, 0.4) is 0 Å². The number of fused-ring (bicyclic) bond motifs is 12. The van der Waals surface area contributed by atoms with Crippen molar-refractivity contribution in [2.75, 3.05) is 0 Å². The molecule has 11 rings (SSSR count). The van der Waals surface area contributed by atoms with Gasteiger partial charge in [-0.1, -0.05) is 109 Å². The molecule has 0 aliphatic carbocycles. The number of para-hydroxylation sites is 2. The van der Waals surface area contributed by atoms with Crippen molar-refractivity contribution in [2.24, 2.45) is 0 Å². The van der Waals surface area contributed by atoms with Crippen LogP contribution in [0.1, 0.15) is 0 Å². The summed E-state index contributed by atoms with van der Waals surface area (Å²) in [7, 11) is 0. The van der Waals surface area contributed by atoms with Crippen LogP contribution in [0.2, 0.25) is 0 Å². The number of benzene rings is 8. The molecule has 3 aromatic heterocycles. The van der Waals surface area contributed by atoms with E-state index in [1.807, 2.05) is 11.3 Å². The average Bonchev–Trinajstić information content (AvgIpc) is 3.78. The Kier molecular flexibility index (Phi) is 5.44. The highest BCUT2D eigenvalue weighted by Gasteiger charge is 2.25. The highest BCUT2D eigenvalue weighted by atomic mass is 79.9. The molecule has 0 spiro atoms. The topological polar surface area (TPSA) is 9.86 Å². The van der Waals surface area contributed by atoms with Crippen LogP contribution in [0.15, 0.2) is 156 Å². The maximum Gasteiger partial charge on any atom is 0.0718 e. The minimum Gasteiger partial charge on any atom is -0.308 e. The fraction of sp³-hybridized carbons (Fsp3) is 0. The summed E-state index contributed by atoms with van der Waals surface area (Å²) in [6.45, 7) is 0. The first-order chi connectivity index (χ1) is 23.7. The SMILES string of the molecule is Brc1c(-n2c3cc4ccccc4cc3c3c4ccccc4ccc32)cc2sc3ccccc3c2c1-n1c2ccccc2c2ccccc21. The zero-order valence-electron chi connectivity index (χ0n) is 25.6. The summed E-state index contributed by atoms with van der Waals surface area (Å²) in [5.41, 5.74) is 7.12. The number of nitrogens with zero attached hydrogens (tertiary/aromatic N) is 2. The lowest BCUT2D eigenvalue weighted by Gasteiger charge is -2.18. The molecule has 0 bridgehead atoms. The molecule has 0 unspecified atom stereocenters. The summed E-state index contributed by atoms with van der Waals surface area (Å²) in [5, 5.41) is 12.6. The minimum atomic E-state index is 1.07. The summed E-state index contributed by atoms with van der Waals surface area (Å²) >= 11 is 6.19. The van der Waals surface area contributed by atoms with Gasteiger partial charge in [-0.05, 0) is 79.9 Å². The van der Waals surface area contributed by atoms with Crippen LogP contribution in [-0.2, 0) is 0 Å². The fourth-order valence-corrected chi connectivity index (χ4v) is 9.91. The molecule has 0 amide bonds. The second kappa shape index (κ2) is 9.80. The van der Waals surface area contributed by atoms with Crippen LogP contribution >= 0.6 is 27.3 Å². The van der Waals surface area contributed by atoms with Gasteiger partial charge in [0.1, 0.15) is 0 Å². The van der Waals surface area contributed by atoms with E-state index in [9.17, 15) is 0 Å². The molecule has 224 valence electrons. The highest BCUT2D eigenvalue weighted by molar-refractivity contribution is 9.10. The van der Waals surface area contributed by atoms with Crippen molar-refractivity contribution in [1.29, 1.82) is 0 Å². The first kappa shape index (κ1) is 26.6. The molecule has 0 saturated carbocycles. The quantitative estimate of drug-likeness (QED) is 0.171. The third kappa shape index (κ3) is 3.51. The van der Waals surface area contributed by atoms with Crippen molar-refractivity contribution >= 4 is 113 Å². The van der Waals surface area contributed by atoms with Crippen molar-refractivity contribution in [3.8, 4) is 11.4 Å². The molecule has 0 saturated heterocycles. The second-order valence-corrected chi connectivity index (χ2v) is 14.5. The first-order valence-electron chi connectivity index (χ1n) is 16.2. The average molecular weight is 694 g/mol. The van der Waals surface area contributed by atoms with Gasteiger partial charge in [0.05, 0.1) is 37.9 Å². The van der Waals surface area contributed by atoms with Crippen LogP contribution in [0.25, 0.3) is 96.7 Å². The first-order valence-corrected chi connectivity index (χ1v) is 17.8. The molecule has 4 heteroatoms. The zero-order chi connectivity index (χ0) is 31.5. The van der Waals surface area contributed by atoms with Gasteiger partial charge in [0.25, 0.3) is 0 Å². The number of aromatic nitrogens is 2. The van der Waals surface area contributed by atoms with E-state index < -0.39 is 0 Å². The van der Waals surface area contributed by atoms with Gasteiger partial charge in [-0.2, -0.15) is 0 Å². The monoisotopic (exact) mass is 692 g/mol. The van der Waals surface area contributed by atoms with Crippen molar-refractivity contribution in [1.82, 2.24) is 9.13 Å². The second-order valence-electron chi connectivity index (χ2n) is 12.6. The highest BCUT2D eigenvalue weighted by Crippen LogP contribution is 2.48. The van der Waals surface area contributed by atoms with Gasteiger partial charge in [0.15, 0.2) is 0 Å². The molecule has 48 heavy (non-hydrogen) atoms. The molecule has 0 fully saturated rings. The van der Waals surface area contributed by atoms with Crippen LogP contribution in [-0.4, -0.2) is 9.13 Å². The molecule has 0 aliphatic rings. The molecule has 11 aromatic rings. The molecule has 0 aliphatic heterocycles. The van der Waals surface area contributed by atoms with Gasteiger partial charge in [0, 0.05) is 41.7 Å². The summed E-state index contributed by atoms with van der Waals surface area (Å²) < 4.78 is 8.61. The van der Waals surface area contributed by atoms with E-state index in [1.54, 1.807) is 0 Å². The number of thiophene rings is 1. The molecule has 3 heterocycles. The molecule has 2 nitrogen and oxygen atoms in total. The summed E-state index contributed by atoms with van der Waals surface area (Å²) in [6.07, 6.45) is 0. The van der Waals surface area contributed by atoms with Crippen LogP contribution < -0.4 is 0 Å². The van der Waals surface area contributed by atoms with Crippen molar-refractivity contribution in [3.05, 3.63) is 156 Å². The molecule has 0 N–H and O–H groups in total. The standard InChI is InChI=1S/C44H25BrN2S/c45-43-38(46-36-22-21-26-11-3-4-14-29(26)41(36)33-23-27-12-1-2-13-28(27)24-37(33)46)25-40-42(32-17-7-10-20-39(32)48-40)44(43)47-34-18-8-5-15-30(34)31-16-6-9-19-35(31)47/h1-25H. The van der Waals surface area contributed by atoms with E-state index in [4.69, 9.17) is 0 Å². The Hall–Kier alpha value is -5.42. The lowest BCUT2D eigenvalue weighted by atomic mass is 10.0. The van der Waals surface area contributed by atoms with Gasteiger partial charge >= 0.3 is 0 Å². The van der Waals surface area contributed by atoms with Crippen LogP contribution in [0.4, 0.5) is 0 Å². The van der Waals surface area contributed by atoms with Gasteiger partial charge in [0.2, 0.25) is 0 Å². The lowest BCUT2D eigenvalue weighted by Crippen LogP contribution is -2.02. The summed E-state index contributed by atoms with van der Waals surface area (Å²) in [6, 6.07) is 55.7. The van der Waals surface area contributed by atoms with E-state index in [2.05, 4.69) is 177 Å². The Morgan fingerprint density at radius 1 is 0.396 bits per heavy atom. The van der Waals surface area contributed by atoms with E-state index in [1.165, 1.54) is 91.0 Å². The van der Waals surface area contributed by atoms with E-state index in [0.29, 0.717) is 0 Å².